The minimum Gasteiger partial charge on any atom is -0.341 e. The summed E-state index contributed by atoms with van der Waals surface area (Å²) in [6.45, 7) is 2.66. The molecule has 1 heterocycles. The second-order valence-corrected chi connectivity index (χ2v) is 7.20. The molecule has 26 heavy (non-hydrogen) atoms. The molecule has 3 aromatic rings. The van der Waals surface area contributed by atoms with Crippen LogP contribution < -0.4 is 0 Å². The molecule has 5 nitrogen and oxygen atoms in total. The van der Waals surface area contributed by atoms with Crippen molar-refractivity contribution in [3.8, 4) is 11.4 Å². The normalized spacial score (nSPS) is 10.7. The molecule has 134 valence electrons. The van der Waals surface area contributed by atoms with E-state index in [2.05, 4.69) is 29.3 Å². The van der Waals surface area contributed by atoms with Crippen molar-refractivity contribution in [3.05, 3.63) is 65.7 Å². The fourth-order valence-electron chi connectivity index (χ4n) is 2.66. The van der Waals surface area contributed by atoms with E-state index in [4.69, 9.17) is 0 Å². The Morgan fingerprint density at radius 1 is 1.12 bits per heavy atom. The van der Waals surface area contributed by atoms with E-state index in [1.165, 1.54) is 17.3 Å². The van der Waals surface area contributed by atoms with Gasteiger partial charge < -0.3 is 9.47 Å². The quantitative estimate of drug-likeness (QED) is 0.626. The van der Waals surface area contributed by atoms with Crippen LogP contribution in [0.5, 0.6) is 0 Å². The Bertz CT molecular complexity index is 892. The van der Waals surface area contributed by atoms with Crippen LogP contribution in [-0.2, 0) is 18.4 Å². The third-order valence-corrected chi connectivity index (χ3v) is 5.13. The van der Waals surface area contributed by atoms with Gasteiger partial charge in [-0.1, -0.05) is 65.9 Å². The molecule has 0 aliphatic carbocycles. The Morgan fingerprint density at radius 3 is 2.62 bits per heavy atom. The smallest absolute Gasteiger partial charge is 0.233 e. The van der Waals surface area contributed by atoms with E-state index in [-0.39, 0.29) is 5.91 Å². The maximum atomic E-state index is 12.4. The van der Waals surface area contributed by atoms with Crippen molar-refractivity contribution in [2.24, 2.45) is 7.05 Å². The topological polar surface area (TPSA) is 51.0 Å². The van der Waals surface area contributed by atoms with Crippen molar-refractivity contribution in [1.82, 2.24) is 19.7 Å². The molecular formula is C20H22N4OS. The zero-order valence-electron chi connectivity index (χ0n) is 15.2. The SMILES string of the molecule is Cc1cccc(-c2nnc(SCC(=O)N(C)Cc3ccccc3)n2C)c1. The number of rotatable bonds is 6. The fourth-order valence-corrected chi connectivity index (χ4v) is 3.51. The average molecular weight is 366 g/mol. The van der Waals surface area contributed by atoms with Gasteiger partial charge in [0.05, 0.1) is 5.75 Å². The summed E-state index contributed by atoms with van der Waals surface area (Å²) in [5, 5.41) is 9.27. The zero-order valence-corrected chi connectivity index (χ0v) is 16.0. The number of hydrogen-bond acceptors (Lipinski definition) is 4. The van der Waals surface area contributed by atoms with Gasteiger partial charge in [-0.15, -0.1) is 10.2 Å². The highest BCUT2D eigenvalue weighted by molar-refractivity contribution is 7.99. The standard InChI is InChI=1S/C20H22N4OS/c1-15-8-7-11-17(12-15)19-21-22-20(24(19)3)26-14-18(25)23(2)13-16-9-5-4-6-10-16/h4-12H,13-14H2,1-3H3. The van der Waals surface area contributed by atoms with Crippen LogP contribution in [0.3, 0.4) is 0 Å². The number of nitrogens with zero attached hydrogens (tertiary/aromatic N) is 4. The number of carbonyl (C=O) groups is 1. The van der Waals surface area contributed by atoms with Gasteiger partial charge in [0.25, 0.3) is 0 Å². The number of aromatic nitrogens is 3. The van der Waals surface area contributed by atoms with Crippen LogP contribution in [0.2, 0.25) is 0 Å². The van der Waals surface area contributed by atoms with Crippen LogP contribution in [0.4, 0.5) is 0 Å². The van der Waals surface area contributed by atoms with Crippen LogP contribution in [0.25, 0.3) is 11.4 Å². The maximum Gasteiger partial charge on any atom is 0.233 e. The molecule has 0 spiro atoms. The van der Waals surface area contributed by atoms with Crippen LogP contribution in [0.1, 0.15) is 11.1 Å². The van der Waals surface area contributed by atoms with Crippen molar-refractivity contribution in [1.29, 1.82) is 0 Å². The number of hydrogen-bond donors (Lipinski definition) is 0. The van der Waals surface area contributed by atoms with Crippen molar-refractivity contribution in [2.45, 2.75) is 18.6 Å². The summed E-state index contributed by atoms with van der Waals surface area (Å²) in [6, 6.07) is 18.1. The highest BCUT2D eigenvalue weighted by atomic mass is 32.2. The van der Waals surface area contributed by atoms with Crippen molar-refractivity contribution >= 4 is 17.7 Å². The number of amides is 1. The molecular weight excluding hydrogens is 344 g/mol. The highest BCUT2D eigenvalue weighted by Gasteiger charge is 2.15. The molecule has 6 heteroatoms. The monoisotopic (exact) mass is 366 g/mol. The molecule has 0 radical (unpaired) electrons. The predicted octanol–water partition coefficient (Wildman–Crippen LogP) is 3.54. The van der Waals surface area contributed by atoms with Gasteiger partial charge in [0, 0.05) is 26.2 Å². The summed E-state index contributed by atoms with van der Waals surface area (Å²) in [5.41, 5.74) is 3.32. The molecule has 1 amide bonds. The van der Waals surface area contributed by atoms with E-state index >= 15 is 0 Å². The highest BCUT2D eigenvalue weighted by Crippen LogP contribution is 2.23. The van der Waals surface area contributed by atoms with Gasteiger partial charge in [-0.3, -0.25) is 4.79 Å². The molecule has 2 aromatic carbocycles. The predicted molar refractivity (Wildman–Crippen MR) is 105 cm³/mol. The largest absolute Gasteiger partial charge is 0.341 e. The number of carbonyl (C=O) groups excluding carboxylic acids is 1. The summed E-state index contributed by atoms with van der Waals surface area (Å²) >= 11 is 1.41. The lowest BCUT2D eigenvalue weighted by Gasteiger charge is -2.16. The van der Waals surface area contributed by atoms with E-state index in [1.54, 1.807) is 4.90 Å². The van der Waals surface area contributed by atoms with Crippen LogP contribution in [0, 0.1) is 6.92 Å². The summed E-state index contributed by atoms with van der Waals surface area (Å²) < 4.78 is 1.93. The lowest BCUT2D eigenvalue weighted by Crippen LogP contribution is -2.27. The second-order valence-electron chi connectivity index (χ2n) is 6.26. The number of thioether (sulfide) groups is 1. The third kappa shape index (κ3) is 4.32. The van der Waals surface area contributed by atoms with Gasteiger partial charge in [0.15, 0.2) is 11.0 Å². The third-order valence-electron chi connectivity index (χ3n) is 4.12. The Labute approximate surface area is 158 Å². The zero-order chi connectivity index (χ0) is 18.5. The van der Waals surface area contributed by atoms with Crippen LogP contribution >= 0.6 is 11.8 Å². The molecule has 0 saturated heterocycles. The Morgan fingerprint density at radius 2 is 1.88 bits per heavy atom. The number of benzene rings is 2. The fraction of sp³-hybridized carbons (Fsp3) is 0.250. The van der Waals surface area contributed by atoms with E-state index in [1.807, 2.05) is 61.1 Å². The van der Waals surface area contributed by atoms with Crippen molar-refractivity contribution in [3.63, 3.8) is 0 Å². The lowest BCUT2D eigenvalue weighted by molar-refractivity contribution is -0.127. The van der Waals surface area contributed by atoms with E-state index in [0.29, 0.717) is 12.3 Å². The second kappa shape index (κ2) is 8.19. The van der Waals surface area contributed by atoms with Gasteiger partial charge >= 0.3 is 0 Å². The first-order chi connectivity index (χ1) is 12.5. The minimum absolute atomic E-state index is 0.0685. The first kappa shape index (κ1) is 18.2. The average Bonchev–Trinajstić information content (AvgIpc) is 3.01. The van der Waals surface area contributed by atoms with E-state index < -0.39 is 0 Å². The molecule has 0 atom stereocenters. The van der Waals surface area contributed by atoms with Gasteiger partial charge in [-0.2, -0.15) is 0 Å². The summed E-state index contributed by atoms with van der Waals surface area (Å²) in [5.74, 6) is 1.21. The Balaban J connectivity index is 1.62. The first-order valence-electron chi connectivity index (χ1n) is 8.41. The van der Waals surface area contributed by atoms with Crippen LogP contribution in [-0.4, -0.2) is 38.4 Å². The Hall–Kier alpha value is -2.60. The van der Waals surface area contributed by atoms with Gasteiger partial charge in [0.1, 0.15) is 0 Å². The molecule has 0 unspecified atom stereocenters. The molecule has 0 fully saturated rings. The van der Waals surface area contributed by atoms with Gasteiger partial charge in [0.2, 0.25) is 5.91 Å². The lowest BCUT2D eigenvalue weighted by atomic mass is 10.1. The molecule has 1 aromatic heterocycles. The van der Waals surface area contributed by atoms with E-state index in [0.717, 1.165) is 22.1 Å². The summed E-state index contributed by atoms with van der Waals surface area (Å²) in [4.78, 5) is 14.1. The van der Waals surface area contributed by atoms with E-state index in [9.17, 15) is 4.79 Å². The first-order valence-corrected chi connectivity index (χ1v) is 9.40. The van der Waals surface area contributed by atoms with Crippen molar-refractivity contribution < 1.29 is 4.79 Å². The molecule has 3 rings (SSSR count). The van der Waals surface area contributed by atoms with Gasteiger partial charge in [-0.25, -0.2) is 0 Å². The number of aryl methyl sites for hydroxylation is 1. The maximum absolute atomic E-state index is 12.4. The minimum atomic E-state index is 0.0685. The molecule has 0 saturated carbocycles. The summed E-state index contributed by atoms with van der Waals surface area (Å²) in [7, 11) is 3.75. The van der Waals surface area contributed by atoms with Crippen LogP contribution in [0.15, 0.2) is 59.8 Å². The molecule has 0 N–H and O–H groups in total. The Kier molecular flexibility index (Phi) is 5.73. The van der Waals surface area contributed by atoms with Gasteiger partial charge in [-0.05, 0) is 18.6 Å². The van der Waals surface area contributed by atoms with Crippen molar-refractivity contribution in [2.75, 3.05) is 12.8 Å². The molecule has 0 aliphatic rings. The summed E-state index contributed by atoms with van der Waals surface area (Å²) in [6.07, 6.45) is 0. The molecule has 0 bridgehead atoms. The molecule has 0 aliphatic heterocycles.